The van der Waals surface area contributed by atoms with Crippen LogP contribution < -0.4 is 5.32 Å². The topological polar surface area (TPSA) is 107 Å². The minimum Gasteiger partial charge on any atom is -0.507 e. The van der Waals surface area contributed by atoms with Crippen molar-refractivity contribution in [3.05, 3.63) is 28.8 Å². The Morgan fingerprint density at radius 2 is 1.55 bits per heavy atom. The van der Waals surface area contributed by atoms with Crippen molar-refractivity contribution < 1.29 is 24.9 Å². The van der Waals surface area contributed by atoms with Gasteiger partial charge in [0.15, 0.2) is 0 Å². The zero-order valence-corrected chi connectivity index (χ0v) is 19.1. The molecule has 4 N–H and O–H groups in total. The monoisotopic (exact) mass is 425 g/mol. The lowest BCUT2D eigenvalue weighted by molar-refractivity contribution is -0.139. The lowest BCUT2D eigenvalue weighted by Gasteiger charge is -2.29. The number of carboxylic acids is 2. The van der Waals surface area contributed by atoms with Crippen LogP contribution in [0.15, 0.2) is 12.1 Å². The Morgan fingerprint density at radius 3 is 1.86 bits per heavy atom. The van der Waals surface area contributed by atoms with Crippen LogP contribution in [-0.2, 0) is 20.4 Å². The molecule has 1 aliphatic heterocycles. The van der Waals surface area contributed by atoms with Crippen molar-refractivity contribution in [1.29, 1.82) is 0 Å². The summed E-state index contributed by atoms with van der Waals surface area (Å²) in [5, 5.41) is 31.2. The summed E-state index contributed by atoms with van der Waals surface area (Å²) in [5.74, 6) is -0.892. The summed E-state index contributed by atoms with van der Waals surface area (Å²) in [6.07, 6.45) is 0.956. The smallest absolute Gasteiger partial charge is 0.321 e. The van der Waals surface area contributed by atoms with Crippen molar-refractivity contribution in [3.63, 3.8) is 0 Å². The summed E-state index contributed by atoms with van der Waals surface area (Å²) in [7, 11) is 0. The Hall–Kier alpha value is -1.73. The van der Waals surface area contributed by atoms with E-state index < -0.39 is 18.0 Å². The number of aliphatic carboxylic acids is 2. The third-order valence-electron chi connectivity index (χ3n) is 4.99. The van der Waals surface area contributed by atoms with E-state index in [2.05, 4.69) is 59.5 Å². The first-order valence-electron chi connectivity index (χ1n) is 9.86. The maximum Gasteiger partial charge on any atom is 0.321 e. The number of rotatable bonds is 4. The fourth-order valence-electron chi connectivity index (χ4n) is 3.43. The minimum absolute atomic E-state index is 0.0599. The second-order valence-electron chi connectivity index (χ2n) is 9.50. The molecule has 2 atom stereocenters. The molecule has 1 fully saturated rings. The average molecular weight is 426 g/mol. The van der Waals surface area contributed by atoms with Crippen molar-refractivity contribution in [3.8, 4) is 5.75 Å². The highest BCUT2D eigenvalue weighted by molar-refractivity contribution is 7.80. The molecule has 164 valence electrons. The second-order valence-corrected chi connectivity index (χ2v) is 9.94. The Morgan fingerprint density at radius 1 is 1.07 bits per heavy atom. The average Bonchev–Trinajstić information content (AvgIpc) is 3.03. The van der Waals surface area contributed by atoms with Gasteiger partial charge in [0, 0.05) is 11.7 Å². The first kappa shape index (κ1) is 25.3. The predicted octanol–water partition coefficient (Wildman–Crippen LogP) is 3.91. The van der Waals surface area contributed by atoms with Crippen LogP contribution in [0.5, 0.6) is 5.75 Å². The second kappa shape index (κ2) is 9.85. The number of phenols is 1. The molecule has 0 aromatic heterocycles. The van der Waals surface area contributed by atoms with Gasteiger partial charge in [-0.2, -0.15) is 12.6 Å². The summed E-state index contributed by atoms with van der Waals surface area (Å²) in [6.45, 7) is 13.1. The Labute approximate surface area is 179 Å². The molecule has 2 rings (SSSR count). The molecule has 6 nitrogen and oxygen atoms in total. The number of thiol groups is 1. The zero-order chi connectivity index (χ0) is 22.6. The van der Waals surface area contributed by atoms with E-state index in [4.69, 9.17) is 5.11 Å². The van der Waals surface area contributed by atoms with E-state index in [1.54, 1.807) is 0 Å². The first-order chi connectivity index (χ1) is 13.2. The summed E-state index contributed by atoms with van der Waals surface area (Å²) in [4.78, 5) is 21.1. The number of hydrogen-bond donors (Lipinski definition) is 5. The van der Waals surface area contributed by atoms with E-state index >= 15 is 0 Å². The largest absolute Gasteiger partial charge is 0.507 e. The Bertz CT molecular complexity index is 699. The minimum atomic E-state index is -0.810. The predicted molar refractivity (Wildman–Crippen MR) is 118 cm³/mol. The number of hydrogen-bond acceptors (Lipinski definition) is 5. The molecule has 1 heterocycles. The maximum atomic E-state index is 11.5. The van der Waals surface area contributed by atoms with Crippen LogP contribution >= 0.6 is 12.6 Å². The van der Waals surface area contributed by atoms with Gasteiger partial charge in [0.2, 0.25) is 0 Å². The summed E-state index contributed by atoms with van der Waals surface area (Å²) in [5.41, 5.74) is 2.37. The fraction of sp³-hybridized carbons (Fsp3) is 0.636. The fourth-order valence-corrected chi connectivity index (χ4v) is 3.62. The normalized spacial score (nSPS) is 19.4. The molecule has 0 saturated carbocycles. The molecule has 0 amide bonds. The van der Waals surface area contributed by atoms with Crippen LogP contribution in [0.25, 0.3) is 0 Å². The van der Waals surface area contributed by atoms with Gasteiger partial charge in [-0.15, -0.1) is 0 Å². The van der Waals surface area contributed by atoms with E-state index in [1.807, 2.05) is 12.1 Å². The van der Waals surface area contributed by atoms with E-state index in [0.29, 0.717) is 18.0 Å². The van der Waals surface area contributed by atoms with Gasteiger partial charge >= 0.3 is 11.9 Å². The van der Waals surface area contributed by atoms with Crippen LogP contribution in [0.1, 0.15) is 77.0 Å². The van der Waals surface area contributed by atoms with Gasteiger partial charge in [0.05, 0.1) is 6.42 Å². The van der Waals surface area contributed by atoms with Crippen LogP contribution in [0.4, 0.5) is 0 Å². The van der Waals surface area contributed by atoms with E-state index in [9.17, 15) is 19.8 Å². The van der Waals surface area contributed by atoms with Crippen molar-refractivity contribution >= 4 is 24.6 Å². The highest BCUT2D eigenvalue weighted by atomic mass is 32.1. The molecule has 29 heavy (non-hydrogen) atoms. The molecule has 1 aromatic rings. The van der Waals surface area contributed by atoms with E-state index in [-0.39, 0.29) is 23.2 Å². The van der Waals surface area contributed by atoms with Crippen molar-refractivity contribution in [1.82, 2.24) is 5.32 Å². The Balaban J connectivity index is 0.000000612. The molecule has 1 aliphatic rings. The number of aromatic hydroxyl groups is 1. The quantitative estimate of drug-likeness (QED) is 0.468. The summed E-state index contributed by atoms with van der Waals surface area (Å²) >= 11 is 3.68. The number of carbonyl (C=O) groups is 2. The van der Waals surface area contributed by atoms with Crippen LogP contribution in [0, 0.1) is 0 Å². The number of phenolic OH excluding ortho intramolecular Hbond substituents is 1. The third kappa shape index (κ3) is 6.93. The van der Waals surface area contributed by atoms with Crippen molar-refractivity contribution in [2.45, 2.75) is 77.2 Å². The highest BCUT2D eigenvalue weighted by Crippen LogP contribution is 2.42. The van der Waals surface area contributed by atoms with Crippen molar-refractivity contribution in [2.24, 2.45) is 0 Å². The standard InChI is InChI=1S/C19H29NO3.C3H6O2S/c1-18(2,3)13-9-11(10-14(16(13)21)19(4,5)6)12-7-8-20-15(12)17(22)23;4-3(5)1-2-6/h9-10,12,15,20-21H,7-8H2,1-6H3,(H,22,23);6H,1-2H2,(H,4,5)/t12?,15-;/m0./s1. The van der Waals surface area contributed by atoms with Gasteiger partial charge in [-0.3, -0.25) is 9.59 Å². The van der Waals surface area contributed by atoms with Gasteiger partial charge in [-0.1, -0.05) is 53.7 Å². The molecule has 0 spiro atoms. The van der Waals surface area contributed by atoms with E-state index in [1.165, 1.54) is 0 Å². The number of nitrogens with one attached hydrogen (secondary N) is 1. The molecule has 1 saturated heterocycles. The molecule has 0 radical (unpaired) electrons. The summed E-state index contributed by atoms with van der Waals surface area (Å²) < 4.78 is 0. The lowest BCUT2D eigenvalue weighted by Crippen LogP contribution is -2.34. The van der Waals surface area contributed by atoms with Gasteiger partial charge in [-0.05, 0) is 40.5 Å². The third-order valence-corrected chi connectivity index (χ3v) is 5.21. The molecule has 0 bridgehead atoms. The number of carboxylic acid groups (broad SMARTS) is 2. The summed E-state index contributed by atoms with van der Waals surface area (Å²) in [6, 6.07) is 3.44. The van der Waals surface area contributed by atoms with Crippen LogP contribution in [-0.4, -0.2) is 45.6 Å². The molecule has 0 aliphatic carbocycles. The highest BCUT2D eigenvalue weighted by Gasteiger charge is 2.36. The molecular weight excluding hydrogens is 390 g/mol. The SMILES string of the molecule is CC(C)(C)c1cc(C2CCN[C@@H]2C(=O)O)cc(C(C)(C)C)c1O.O=C(O)CCS. The van der Waals surface area contributed by atoms with E-state index in [0.717, 1.165) is 23.1 Å². The van der Waals surface area contributed by atoms with Gasteiger partial charge < -0.3 is 20.6 Å². The van der Waals surface area contributed by atoms with Crippen LogP contribution in [0.2, 0.25) is 0 Å². The van der Waals surface area contributed by atoms with Crippen molar-refractivity contribution in [2.75, 3.05) is 12.3 Å². The first-order valence-corrected chi connectivity index (χ1v) is 10.5. The zero-order valence-electron chi connectivity index (χ0n) is 18.2. The van der Waals surface area contributed by atoms with Gasteiger partial charge in [0.1, 0.15) is 11.8 Å². The van der Waals surface area contributed by atoms with Gasteiger partial charge in [0.25, 0.3) is 0 Å². The molecular formula is C22H35NO5S. The molecule has 1 aromatic carbocycles. The number of benzene rings is 1. The molecule has 7 heteroatoms. The van der Waals surface area contributed by atoms with Crippen LogP contribution in [0.3, 0.4) is 0 Å². The maximum absolute atomic E-state index is 11.5. The lowest BCUT2D eigenvalue weighted by atomic mass is 9.76. The Kier molecular flexibility index (Phi) is 8.59. The van der Waals surface area contributed by atoms with Gasteiger partial charge in [-0.25, -0.2) is 0 Å². The molecule has 1 unspecified atom stereocenters.